The summed E-state index contributed by atoms with van der Waals surface area (Å²) < 4.78 is 3.52. The molecule has 0 saturated heterocycles. The van der Waals surface area contributed by atoms with Crippen molar-refractivity contribution in [2.24, 2.45) is 7.05 Å². The van der Waals surface area contributed by atoms with Gasteiger partial charge in [-0.25, -0.2) is 14.8 Å². The van der Waals surface area contributed by atoms with Crippen molar-refractivity contribution in [3.8, 4) is 11.3 Å². The Labute approximate surface area is 166 Å². The molecule has 150 valence electrons. The molecule has 0 aliphatic carbocycles. The van der Waals surface area contributed by atoms with Gasteiger partial charge in [0.15, 0.2) is 0 Å². The van der Waals surface area contributed by atoms with Gasteiger partial charge in [0.2, 0.25) is 5.95 Å². The fourth-order valence-corrected chi connectivity index (χ4v) is 3.38. The molecule has 3 aromatic heterocycles. The first-order valence-corrected chi connectivity index (χ1v) is 9.18. The Morgan fingerprint density at radius 2 is 2.14 bits per heavy atom. The lowest BCUT2D eigenvalue weighted by Gasteiger charge is -2.31. The lowest BCUT2D eigenvalue weighted by molar-refractivity contribution is -0.141. The summed E-state index contributed by atoms with van der Waals surface area (Å²) >= 11 is 0. The van der Waals surface area contributed by atoms with Gasteiger partial charge in [-0.1, -0.05) is 0 Å². The summed E-state index contributed by atoms with van der Waals surface area (Å²) in [5.74, 6) is -0.135. The third-order valence-electron chi connectivity index (χ3n) is 5.09. The summed E-state index contributed by atoms with van der Waals surface area (Å²) in [7, 11) is 1.81. The maximum absolute atomic E-state index is 12.8. The second-order valence-corrected chi connectivity index (χ2v) is 7.01. The number of nitrogens with zero attached hydrogens (tertiary/aromatic N) is 6. The van der Waals surface area contributed by atoms with E-state index in [0.29, 0.717) is 30.4 Å². The second-order valence-electron chi connectivity index (χ2n) is 7.01. The van der Waals surface area contributed by atoms with Gasteiger partial charge in [-0.2, -0.15) is 5.10 Å². The number of carbonyl (C=O) groups excluding carboxylic acids is 1. The summed E-state index contributed by atoms with van der Waals surface area (Å²) in [5, 5.41) is 16.5. The van der Waals surface area contributed by atoms with Gasteiger partial charge >= 0.3 is 5.97 Å². The van der Waals surface area contributed by atoms with Crippen molar-refractivity contribution >= 4 is 23.6 Å². The lowest BCUT2D eigenvalue weighted by Crippen LogP contribution is -2.48. The minimum Gasteiger partial charge on any atom is -0.480 e. The molecule has 0 fully saturated rings. The minimum atomic E-state index is -1.02. The molecule has 29 heavy (non-hydrogen) atoms. The molecule has 10 heteroatoms. The second kappa shape index (κ2) is 7.04. The highest BCUT2D eigenvalue weighted by molar-refractivity contribution is 5.97. The molecule has 1 atom stereocenters. The predicted molar refractivity (Wildman–Crippen MR) is 105 cm³/mol. The van der Waals surface area contributed by atoms with Gasteiger partial charge in [-0.3, -0.25) is 9.48 Å². The number of carbonyl (C=O) groups is 2. The van der Waals surface area contributed by atoms with Crippen LogP contribution in [0.2, 0.25) is 0 Å². The van der Waals surface area contributed by atoms with Crippen molar-refractivity contribution in [1.82, 2.24) is 29.2 Å². The SMILES string of the molecule is Cc1cnc(Nc2ccnn2C)nc1-c1cc2n(c1)CCN(C(C)C(=O)O)C2=O. The Kier molecular flexibility index (Phi) is 4.53. The average Bonchev–Trinajstić information content (AvgIpc) is 3.30. The van der Waals surface area contributed by atoms with Crippen LogP contribution in [0, 0.1) is 6.92 Å². The van der Waals surface area contributed by atoms with Crippen LogP contribution in [0.5, 0.6) is 0 Å². The van der Waals surface area contributed by atoms with Crippen molar-refractivity contribution in [1.29, 1.82) is 0 Å². The minimum absolute atomic E-state index is 0.294. The Balaban J connectivity index is 1.66. The first kappa shape index (κ1) is 18.7. The number of fused-ring (bicyclic) bond motifs is 1. The van der Waals surface area contributed by atoms with E-state index in [1.807, 2.05) is 30.8 Å². The zero-order valence-electron chi connectivity index (χ0n) is 16.3. The quantitative estimate of drug-likeness (QED) is 0.674. The molecule has 1 aliphatic rings. The number of nitrogens with one attached hydrogen (secondary N) is 1. The smallest absolute Gasteiger partial charge is 0.326 e. The number of hydrogen-bond acceptors (Lipinski definition) is 6. The molecular weight excluding hydrogens is 374 g/mol. The highest BCUT2D eigenvalue weighted by Gasteiger charge is 2.32. The highest BCUT2D eigenvalue weighted by atomic mass is 16.4. The number of aliphatic carboxylic acids is 1. The van der Waals surface area contributed by atoms with Crippen LogP contribution in [0.25, 0.3) is 11.3 Å². The van der Waals surface area contributed by atoms with Crippen LogP contribution >= 0.6 is 0 Å². The molecule has 10 nitrogen and oxygen atoms in total. The molecule has 4 rings (SSSR count). The van der Waals surface area contributed by atoms with Crippen LogP contribution in [0.1, 0.15) is 23.0 Å². The fourth-order valence-electron chi connectivity index (χ4n) is 3.38. The van der Waals surface area contributed by atoms with E-state index >= 15 is 0 Å². The molecule has 0 saturated carbocycles. The van der Waals surface area contributed by atoms with Crippen molar-refractivity contribution in [3.05, 3.63) is 42.0 Å². The van der Waals surface area contributed by atoms with Gasteiger partial charge < -0.3 is 19.9 Å². The van der Waals surface area contributed by atoms with E-state index in [1.165, 1.54) is 11.8 Å². The Bertz CT molecular complexity index is 1100. The molecule has 0 radical (unpaired) electrons. The largest absolute Gasteiger partial charge is 0.480 e. The number of hydrogen-bond donors (Lipinski definition) is 2. The van der Waals surface area contributed by atoms with Gasteiger partial charge in [-0.15, -0.1) is 0 Å². The molecule has 0 aromatic carbocycles. The van der Waals surface area contributed by atoms with E-state index < -0.39 is 12.0 Å². The highest BCUT2D eigenvalue weighted by Crippen LogP contribution is 2.28. The molecule has 4 heterocycles. The first-order chi connectivity index (χ1) is 13.8. The fraction of sp³-hybridized carbons (Fsp3) is 0.316. The number of rotatable bonds is 5. The average molecular weight is 395 g/mol. The third kappa shape index (κ3) is 3.33. The van der Waals surface area contributed by atoms with E-state index in [0.717, 1.165) is 16.9 Å². The molecule has 1 aliphatic heterocycles. The van der Waals surface area contributed by atoms with E-state index in [9.17, 15) is 14.7 Å². The van der Waals surface area contributed by atoms with Crippen molar-refractivity contribution in [2.45, 2.75) is 26.4 Å². The standard InChI is InChI=1S/C19H21N7O3/c1-11-9-20-19(22-15-4-5-21-24(15)3)23-16(11)13-8-14-17(27)26(12(2)18(28)29)7-6-25(14)10-13/h4-5,8-10,12H,6-7H2,1-3H3,(H,28,29)(H,20,22,23). The predicted octanol–water partition coefficient (Wildman–Crippen LogP) is 1.66. The number of aromatic nitrogens is 5. The summed E-state index contributed by atoms with van der Waals surface area (Å²) in [6.45, 7) is 4.30. The third-order valence-corrected chi connectivity index (χ3v) is 5.09. The zero-order chi connectivity index (χ0) is 20.7. The van der Waals surface area contributed by atoms with E-state index in [1.54, 1.807) is 23.1 Å². The zero-order valence-corrected chi connectivity index (χ0v) is 16.3. The number of aryl methyl sites for hydroxylation is 2. The normalized spacial score (nSPS) is 14.6. The van der Waals surface area contributed by atoms with E-state index in [4.69, 9.17) is 0 Å². The number of carboxylic acids is 1. The molecule has 1 amide bonds. The number of anilines is 2. The van der Waals surface area contributed by atoms with Gasteiger partial charge in [0.1, 0.15) is 17.6 Å². The Hall–Kier alpha value is -3.69. The molecule has 0 bridgehead atoms. The molecule has 1 unspecified atom stereocenters. The summed E-state index contributed by atoms with van der Waals surface area (Å²) in [6.07, 6.45) is 5.27. The number of amides is 1. The van der Waals surface area contributed by atoms with Crippen LogP contribution < -0.4 is 5.32 Å². The maximum atomic E-state index is 12.8. The summed E-state index contributed by atoms with van der Waals surface area (Å²) in [4.78, 5) is 34.4. The molecular formula is C19H21N7O3. The van der Waals surface area contributed by atoms with Crippen LogP contribution in [0.3, 0.4) is 0 Å². The monoisotopic (exact) mass is 395 g/mol. The first-order valence-electron chi connectivity index (χ1n) is 9.18. The Morgan fingerprint density at radius 3 is 2.83 bits per heavy atom. The molecule has 3 aromatic rings. The van der Waals surface area contributed by atoms with E-state index in [2.05, 4.69) is 20.4 Å². The van der Waals surface area contributed by atoms with E-state index in [-0.39, 0.29) is 5.91 Å². The van der Waals surface area contributed by atoms with Gasteiger partial charge in [0.25, 0.3) is 5.91 Å². The van der Waals surface area contributed by atoms with Crippen LogP contribution in [0.15, 0.2) is 30.7 Å². The Morgan fingerprint density at radius 1 is 1.34 bits per heavy atom. The maximum Gasteiger partial charge on any atom is 0.326 e. The van der Waals surface area contributed by atoms with Crippen molar-refractivity contribution in [2.75, 3.05) is 11.9 Å². The van der Waals surface area contributed by atoms with Gasteiger partial charge in [0, 0.05) is 44.2 Å². The van der Waals surface area contributed by atoms with Crippen molar-refractivity contribution in [3.63, 3.8) is 0 Å². The topological polar surface area (TPSA) is 118 Å². The van der Waals surface area contributed by atoms with Gasteiger partial charge in [-0.05, 0) is 25.5 Å². The van der Waals surface area contributed by atoms with Crippen LogP contribution in [0.4, 0.5) is 11.8 Å². The molecule has 2 N–H and O–H groups in total. The number of carboxylic acid groups (broad SMARTS) is 1. The molecule has 0 spiro atoms. The van der Waals surface area contributed by atoms with Crippen LogP contribution in [-0.4, -0.2) is 58.8 Å². The van der Waals surface area contributed by atoms with Crippen LogP contribution in [-0.2, 0) is 18.4 Å². The lowest BCUT2D eigenvalue weighted by atomic mass is 10.1. The van der Waals surface area contributed by atoms with Crippen molar-refractivity contribution < 1.29 is 14.7 Å². The summed E-state index contributed by atoms with van der Waals surface area (Å²) in [5.41, 5.74) is 2.81. The summed E-state index contributed by atoms with van der Waals surface area (Å²) in [6, 6.07) is 2.70. The van der Waals surface area contributed by atoms with Gasteiger partial charge in [0.05, 0.1) is 11.9 Å².